The molecule has 1 rings (SSSR count). The standard InChI is InChI=1S/C7H14N2O2/c8-7(5-10)2-1-6(11)9-4-3-7/h10H,1-5,8H2,(H,9,11). The van der Waals surface area contributed by atoms with E-state index in [0.717, 1.165) is 0 Å². The Balaban J connectivity index is 2.52. The van der Waals surface area contributed by atoms with Gasteiger partial charge in [0.1, 0.15) is 0 Å². The predicted octanol–water partition coefficient (Wildman–Crippen LogP) is -1.02. The fourth-order valence-corrected chi connectivity index (χ4v) is 1.18. The predicted molar refractivity (Wildman–Crippen MR) is 40.9 cm³/mol. The summed E-state index contributed by atoms with van der Waals surface area (Å²) in [6.07, 6.45) is 1.67. The average molecular weight is 158 g/mol. The highest BCUT2D eigenvalue weighted by atomic mass is 16.3. The summed E-state index contributed by atoms with van der Waals surface area (Å²) < 4.78 is 0. The summed E-state index contributed by atoms with van der Waals surface area (Å²) in [4.78, 5) is 10.8. The molecule has 0 aliphatic carbocycles. The van der Waals surface area contributed by atoms with Crippen LogP contribution in [-0.4, -0.2) is 29.7 Å². The van der Waals surface area contributed by atoms with E-state index in [-0.39, 0.29) is 12.5 Å². The van der Waals surface area contributed by atoms with Crippen LogP contribution in [0.25, 0.3) is 0 Å². The number of nitrogens with two attached hydrogens (primary N) is 1. The van der Waals surface area contributed by atoms with Gasteiger partial charge in [-0.15, -0.1) is 0 Å². The largest absolute Gasteiger partial charge is 0.394 e. The highest BCUT2D eigenvalue weighted by Gasteiger charge is 2.27. The number of rotatable bonds is 1. The minimum Gasteiger partial charge on any atom is -0.394 e. The third-order valence-corrected chi connectivity index (χ3v) is 2.11. The molecule has 64 valence electrons. The van der Waals surface area contributed by atoms with Crippen molar-refractivity contribution in [2.24, 2.45) is 5.73 Å². The zero-order valence-electron chi connectivity index (χ0n) is 6.47. The second kappa shape index (κ2) is 3.19. The number of hydrogen-bond acceptors (Lipinski definition) is 3. The number of hydrogen-bond donors (Lipinski definition) is 3. The molecule has 1 heterocycles. The van der Waals surface area contributed by atoms with Crippen molar-refractivity contribution >= 4 is 5.91 Å². The first-order chi connectivity index (χ1) is 5.16. The zero-order valence-corrected chi connectivity index (χ0v) is 6.47. The monoisotopic (exact) mass is 158 g/mol. The lowest BCUT2D eigenvalue weighted by molar-refractivity contribution is -0.120. The van der Waals surface area contributed by atoms with Gasteiger partial charge in [-0.05, 0) is 12.8 Å². The van der Waals surface area contributed by atoms with E-state index in [1.807, 2.05) is 0 Å². The maximum atomic E-state index is 10.8. The number of carbonyl (C=O) groups excluding carboxylic acids is 1. The van der Waals surface area contributed by atoms with E-state index in [0.29, 0.717) is 25.8 Å². The number of carbonyl (C=O) groups is 1. The first-order valence-electron chi connectivity index (χ1n) is 3.83. The van der Waals surface area contributed by atoms with Crippen LogP contribution in [-0.2, 0) is 4.79 Å². The van der Waals surface area contributed by atoms with Crippen LogP contribution in [0.15, 0.2) is 0 Å². The Morgan fingerprint density at radius 1 is 1.64 bits per heavy atom. The maximum Gasteiger partial charge on any atom is 0.220 e. The fourth-order valence-electron chi connectivity index (χ4n) is 1.18. The van der Waals surface area contributed by atoms with Crippen molar-refractivity contribution in [1.29, 1.82) is 0 Å². The summed E-state index contributed by atoms with van der Waals surface area (Å²) >= 11 is 0. The second-order valence-corrected chi connectivity index (χ2v) is 3.12. The van der Waals surface area contributed by atoms with Gasteiger partial charge >= 0.3 is 0 Å². The maximum absolute atomic E-state index is 10.8. The smallest absolute Gasteiger partial charge is 0.220 e. The molecule has 4 N–H and O–H groups in total. The van der Waals surface area contributed by atoms with Gasteiger partial charge in [-0.25, -0.2) is 0 Å². The third-order valence-electron chi connectivity index (χ3n) is 2.11. The minimum atomic E-state index is -0.542. The summed E-state index contributed by atoms with van der Waals surface area (Å²) in [6, 6.07) is 0. The lowest BCUT2D eigenvalue weighted by atomic mass is 9.93. The third kappa shape index (κ3) is 2.17. The Kier molecular flexibility index (Phi) is 2.46. The normalized spacial score (nSPS) is 32.7. The lowest BCUT2D eigenvalue weighted by Crippen LogP contribution is -2.44. The molecule has 0 aromatic carbocycles. The Morgan fingerprint density at radius 2 is 2.36 bits per heavy atom. The van der Waals surface area contributed by atoms with Gasteiger partial charge in [0, 0.05) is 18.5 Å². The van der Waals surface area contributed by atoms with Crippen LogP contribution in [0, 0.1) is 0 Å². The van der Waals surface area contributed by atoms with Crippen molar-refractivity contribution in [1.82, 2.24) is 5.32 Å². The van der Waals surface area contributed by atoms with Gasteiger partial charge in [-0.2, -0.15) is 0 Å². The van der Waals surface area contributed by atoms with Gasteiger partial charge in [0.2, 0.25) is 5.91 Å². The molecule has 1 aliphatic heterocycles. The van der Waals surface area contributed by atoms with Crippen molar-refractivity contribution in [3.63, 3.8) is 0 Å². The summed E-state index contributed by atoms with van der Waals surface area (Å²) in [5.74, 6) is 0.0331. The summed E-state index contributed by atoms with van der Waals surface area (Å²) in [6.45, 7) is 0.540. The summed E-state index contributed by atoms with van der Waals surface area (Å²) in [5, 5.41) is 11.6. The van der Waals surface area contributed by atoms with Gasteiger partial charge < -0.3 is 16.2 Å². The molecule has 0 aromatic rings. The molecule has 0 spiro atoms. The van der Waals surface area contributed by atoms with Gasteiger partial charge in [-0.1, -0.05) is 0 Å². The van der Waals surface area contributed by atoms with Crippen LogP contribution >= 0.6 is 0 Å². The topological polar surface area (TPSA) is 75.3 Å². The molecule has 0 bridgehead atoms. The van der Waals surface area contributed by atoms with Crippen molar-refractivity contribution in [3.8, 4) is 0 Å². The molecule has 1 unspecified atom stereocenters. The number of aliphatic hydroxyl groups is 1. The fraction of sp³-hybridized carbons (Fsp3) is 0.857. The SMILES string of the molecule is NC1(CO)CCNC(=O)CC1. The first-order valence-corrected chi connectivity index (χ1v) is 3.83. The molecule has 1 aliphatic rings. The molecular formula is C7H14N2O2. The average Bonchev–Trinajstić information content (AvgIpc) is 2.15. The van der Waals surface area contributed by atoms with Gasteiger partial charge in [0.05, 0.1) is 6.61 Å². The Morgan fingerprint density at radius 3 is 3.00 bits per heavy atom. The van der Waals surface area contributed by atoms with E-state index < -0.39 is 5.54 Å². The summed E-state index contributed by atoms with van der Waals surface area (Å²) in [5.41, 5.74) is 5.24. The van der Waals surface area contributed by atoms with Crippen LogP contribution in [0.1, 0.15) is 19.3 Å². The van der Waals surface area contributed by atoms with E-state index in [1.165, 1.54) is 0 Å². The Bertz CT molecular complexity index is 161. The van der Waals surface area contributed by atoms with E-state index in [1.54, 1.807) is 0 Å². The first kappa shape index (κ1) is 8.49. The van der Waals surface area contributed by atoms with E-state index in [2.05, 4.69) is 5.32 Å². The van der Waals surface area contributed by atoms with Gasteiger partial charge in [0.25, 0.3) is 0 Å². The Hall–Kier alpha value is -0.610. The molecule has 1 amide bonds. The van der Waals surface area contributed by atoms with Crippen LogP contribution in [0.2, 0.25) is 0 Å². The van der Waals surface area contributed by atoms with Gasteiger partial charge in [-0.3, -0.25) is 4.79 Å². The molecule has 0 aromatic heterocycles. The molecule has 1 saturated heterocycles. The minimum absolute atomic E-state index is 0.0331. The number of aliphatic hydroxyl groups excluding tert-OH is 1. The molecule has 1 atom stereocenters. The molecule has 0 radical (unpaired) electrons. The Labute approximate surface area is 65.8 Å². The quantitative estimate of drug-likeness (QED) is 0.457. The molecular weight excluding hydrogens is 144 g/mol. The van der Waals surface area contributed by atoms with Crippen LogP contribution < -0.4 is 11.1 Å². The van der Waals surface area contributed by atoms with Crippen LogP contribution in [0.5, 0.6) is 0 Å². The van der Waals surface area contributed by atoms with Crippen LogP contribution in [0.3, 0.4) is 0 Å². The molecule has 4 nitrogen and oxygen atoms in total. The van der Waals surface area contributed by atoms with E-state index in [9.17, 15) is 4.79 Å². The zero-order chi connectivity index (χ0) is 8.32. The van der Waals surface area contributed by atoms with Crippen molar-refractivity contribution < 1.29 is 9.90 Å². The van der Waals surface area contributed by atoms with E-state index in [4.69, 9.17) is 10.8 Å². The molecule has 11 heavy (non-hydrogen) atoms. The number of amides is 1. The molecule has 0 saturated carbocycles. The summed E-state index contributed by atoms with van der Waals surface area (Å²) in [7, 11) is 0. The van der Waals surface area contributed by atoms with Gasteiger partial charge in [0.15, 0.2) is 0 Å². The molecule has 1 fully saturated rings. The number of nitrogens with one attached hydrogen (secondary N) is 1. The second-order valence-electron chi connectivity index (χ2n) is 3.12. The highest BCUT2D eigenvalue weighted by Crippen LogP contribution is 2.15. The molecule has 4 heteroatoms. The van der Waals surface area contributed by atoms with Crippen LogP contribution in [0.4, 0.5) is 0 Å². The van der Waals surface area contributed by atoms with Crippen molar-refractivity contribution in [2.45, 2.75) is 24.8 Å². The van der Waals surface area contributed by atoms with Crippen molar-refractivity contribution in [2.75, 3.05) is 13.2 Å². The highest BCUT2D eigenvalue weighted by molar-refractivity contribution is 5.76. The van der Waals surface area contributed by atoms with Crippen molar-refractivity contribution in [3.05, 3.63) is 0 Å². The lowest BCUT2D eigenvalue weighted by Gasteiger charge is -2.23. The van der Waals surface area contributed by atoms with E-state index >= 15 is 0 Å².